The number of carbonyl (C=O) groups is 1. The second-order valence-electron chi connectivity index (χ2n) is 14.6. The fourth-order valence-electron chi connectivity index (χ4n) is 7.03. The molecule has 1 aliphatic carbocycles. The summed E-state index contributed by atoms with van der Waals surface area (Å²) in [5.41, 5.74) is 2.44. The van der Waals surface area contributed by atoms with E-state index in [1.807, 2.05) is 61.9 Å². The summed E-state index contributed by atoms with van der Waals surface area (Å²) in [6, 6.07) is 3.70. The molecule has 3 atom stereocenters. The minimum absolute atomic E-state index is 0.0327. The molecule has 0 radical (unpaired) electrons. The van der Waals surface area contributed by atoms with Crippen LogP contribution in [0.1, 0.15) is 91.5 Å². The minimum atomic E-state index is -0.549. The van der Waals surface area contributed by atoms with Crippen LogP contribution in [-0.4, -0.2) is 83.2 Å². The van der Waals surface area contributed by atoms with Crippen molar-refractivity contribution in [2.24, 2.45) is 5.92 Å². The lowest BCUT2D eigenvalue weighted by molar-refractivity contribution is -0.0390. The average molecular weight is 658 g/mol. The zero-order chi connectivity index (χ0) is 33.4. The second kappa shape index (κ2) is 13.3. The molecule has 0 N–H and O–H groups in total. The van der Waals surface area contributed by atoms with Gasteiger partial charge in [-0.15, -0.1) is 5.10 Å². The highest BCUT2D eigenvalue weighted by molar-refractivity contribution is 5.92. The Balaban J connectivity index is 1.07. The van der Waals surface area contributed by atoms with Gasteiger partial charge in [0.05, 0.1) is 18.4 Å². The van der Waals surface area contributed by atoms with E-state index in [1.54, 1.807) is 27.7 Å². The Kier molecular flexibility index (Phi) is 8.97. The van der Waals surface area contributed by atoms with Gasteiger partial charge in [0.2, 0.25) is 0 Å². The highest BCUT2D eigenvalue weighted by atomic mass is 16.6. The van der Waals surface area contributed by atoms with E-state index >= 15 is 0 Å². The fourth-order valence-corrected chi connectivity index (χ4v) is 7.03. The van der Waals surface area contributed by atoms with Gasteiger partial charge in [-0.2, -0.15) is 5.10 Å². The first-order valence-corrected chi connectivity index (χ1v) is 17.5. The molecule has 2 unspecified atom stereocenters. The van der Waals surface area contributed by atoms with Gasteiger partial charge in [-0.05, 0) is 84.6 Å². The number of amides is 1. The first-order chi connectivity index (χ1) is 23.1. The number of anilines is 1. The smallest absolute Gasteiger partial charge is 0.410 e. The highest BCUT2D eigenvalue weighted by Crippen LogP contribution is 2.32. The lowest BCUT2D eigenvalue weighted by Gasteiger charge is -2.43. The van der Waals surface area contributed by atoms with Crippen LogP contribution in [0.25, 0.3) is 22.2 Å². The van der Waals surface area contributed by atoms with Gasteiger partial charge in [0.25, 0.3) is 5.56 Å². The maximum Gasteiger partial charge on any atom is 0.410 e. The number of carbonyl (C=O) groups excluding carboxylic acids is 1. The third-order valence-electron chi connectivity index (χ3n) is 9.92. The van der Waals surface area contributed by atoms with Gasteiger partial charge in [0.1, 0.15) is 29.2 Å². The van der Waals surface area contributed by atoms with Crippen LogP contribution in [0, 0.1) is 5.92 Å². The molecule has 0 spiro atoms. The van der Waals surface area contributed by atoms with Crippen LogP contribution in [0.2, 0.25) is 0 Å². The predicted molar refractivity (Wildman–Crippen MR) is 182 cm³/mol. The molecule has 0 aromatic carbocycles. The molecule has 48 heavy (non-hydrogen) atoms. The summed E-state index contributed by atoms with van der Waals surface area (Å²) in [4.78, 5) is 35.4. The second-order valence-corrected chi connectivity index (χ2v) is 14.6. The molecule has 0 bridgehead atoms. The summed E-state index contributed by atoms with van der Waals surface area (Å²) in [5.74, 6) is 0.536. The van der Waals surface area contributed by atoms with E-state index in [0.717, 1.165) is 86.8 Å². The molecular weight excluding hydrogens is 610 g/mol. The van der Waals surface area contributed by atoms with Crippen molar-refractivity contribution in [2.45, 2.75) is 103 Å². The number of aromatic nitrogens is 7. The minimum Gasteiger partial charge on any atom is -0.444 e. The monoisotopic (exact) mass is 657 g/mol. The summed E-state index contributed by atoms with van der Waals surface area (Å²) in [6.45, 7) is 10.6. The number of hydrogen-bond acceptors (Lipinski definition) is 9. The van der Waals surface area contributed by atoms with Gasteiger partial charge in [-0.1, -0.05) is 11.6 Å². The van der Waals surface area contributed by atoms with E-state index in [4.69, 9.17) is 14.6 Å². The molecule has 2 aliphatic heterocycles. The Bertz CT molecular complexity index is 1800. The topological polar surface area (TPSA) is 125 Å². The standard InChI is InChI=1S/C35H47N9O4/c1-24(43-23-31(37-39-43)28-18-36-19-30-29(28)22-44(38-30)33-12-5-6-16-47-33)41-15-13-26(17-32(41)45)40-14-8-11-27(21-40)42(20-25-9-7-10-25)34(46)48-35(2,3)4/h13,15,17-19,22-25,27,33H,5-12,14,16,20-21H2,1-4H3/t24?,27-,33?/m1/s1. The molecule has 2 saturated heterocycles. The zero-order valence-corrected chi connectivity index (χ0v) is 28.5. The number of fused-ring (bicyclic) bond motifs is 1. The zero-order valence-electron chi connectivity index (χ0n) is 28.5. The Hall–Kier alpha value is -4.26. The van der Waals surface area contributed by atoms with Crippen LogP contribution < -0.4 is 10.5 Å². The van der Waals surface area contributed by atoms with Crippen molar-refractivity contribution in [1.82, 2.24) is 39.2 Å². The number of pyridine rings is 2. The molecule has 256 valence electrons. The van der Waals surface area contributed by atoms with Crippen LogP contribution in [0.5, 0.6) is 0 Å². The van der Waals surface area contributed by atoms with Gasteiger partial charge in [-0.3, -0.25) is 14.3 Å². The Labute approximate surface area is 280 Å². The van der Waals surface area contributed by atoms with Crippen LogP contribution in [0.15, 0.2) is 47.9 Å². The molecule has 1 amide bonds. The van der Waals surface area contributed by atoms with Crippen molar-refractivity contribution in [2.75, 3.05) is 31.1 Å². The lowest BCUT2D eigenvalue weighted by atomic mass is 9.84. The fraction of sp³-hybridized carbons (Fsp3) is 0.600. The van der Waals surface area contributed by atoms with Crippen LogP contribution in [-0.2, 0) is 9.47 Å². The maximum atomic E-state index is 13.5. The van der Waals surface area contributed by atoms with Crippen molar-refractivity contribution in [3.8, 4) is 11.3 Å². The molecule has 6 heterocycles. The van der Waals surface area contributed by atoms with E-state index in [-0.39, 0.29) is 23.9 Å². The van der Waals surface area contributed by atoms with Crippen molar-refractivity contribution < 1.29 is 14.3 Å². The molecule has 4 aromatic heterocycles. The van der Waals surface area contributed by atoms with Gasteiger partial charge in [-0.25, -0.2) is 14.2 Å². The molecular formula is C35H47N9O4. The normalized spacial score (nSPS) is 21.2. The maximum absolute atomic E-state index is 13.5. The largest absolute Gasteiger partial charge is 0.444 e. The summed E-state index contributed by atoms with van der Waals surface area (Å²) < 4.78 is 17.0. The molecule has 3 fully saturated rings. The van der Waals surface area contributed by atoms with E-state index in [2.05, 4.69) is 20.2 Å². The summed E-state index contributed by atoms with van der Waals surface area (Å²) in [5, 5.41) is 14.5. The third kappa shape index (κ3) is 6.83. The van der Waals surface area contributed by atoms with Gasteiger partial charge >= 0.3 is 6.09 Å². The molecule has 3 aliphatic rings. The van der Waals surface area contributed by atoms with Crippen LogP contribution in [0.3, 0.4) is 0 Å². The Morgan fingerprint density at radius 3 is 2.69 bits per heavy atom. The van der Waals surface area contributed by atoms with E-state index < -0.39 is 11.8 Å². The Morgan fingerprint density at radius 1 is 1.10 bits per heavy atom. The van der Waals surface area contributed by atoms with Gasteiger partial charge < -0.3 is 19.3 Å². The van der Waals surface area contributed by atoms with Crippen LogP contribution >= 0.6 is 0 Å². The van der Waals surface area contributed by atoms with Crippen molar-refractivity contribution in [3.63, 3.8) is 0 Å². The molecule has 13 heteroatoms. The summed E-state index contributed by atoms with van der Waals surface area (Å²) in [7, 11) is 0. The quantitative estimate of drug-likeness (QED) is 0.237. The van der Waals surface area contributed by atoms with Crippen molar-refractivity contribution >= 4 is 22.7 Å². The van der Waals surface area contributed by atoms with Crippen molar-refractivity contribution in [3.05, 3.63) is 53.5 Å². The van der Waals surface area contributed by atoms with Crippen LogP contribution in [0.4, 0.5) is 10.5 Å². The first kappa shape index (κ1) is 32.3. The highest BCUT2D eigenvalue weighted by Gasteiger charge is 2.35. The number of rotatable bonds is 8. The van der Waals surface area contributed by atoms with Crippen molar-refractivity contribution in [1.29, 1.82) is 0 Å². The van der Waals surface area contributed by atoms with Gasteiger partial charge in [0, 0.05) is 67.5 Å². The average Bonchev–Trinajstić information content (AvgIpc) is 3.72. The summed E-state index contributed by atoms with van der Waals surface area (Å²) in [6.07, 6.45) is 17.0. The molecule has 7 rings (SSSR count). The lowest BCUT2D eigenvalue weighted by Crippen LogP contribution is -2.53. The number of hydrogen-bond donors (Lipinski definition) is 0. The third-order valence-corrected chi connectivity index (χ3v) is 9.92. The summed E-state index contributed by atoms with van der Waals surface area (Å²) >= 11 is 0. The number of piperidine rings is 1. The number of nitrogens with zero attached hydrogens (tertiary/aromatic N) is 9. The van der Waals surface area contributed by atoms with E-state index in [9.17, 15) is 9.59 Å². The molecule has 13 nitrogen and oxygen atoms in total. The SMILES string of the molecule is CC(n1cc(-c2cncc3nn(C4CCCCO4)cc23)nn1)n1ccc(N2CCC[C@@H](N(CC3CCC3)C(=O)OC(C)(C)C)C2)cc1=O. The Morgan fingerprint density at radius 2 is 1.96 bits per heavy atom. The van der Waals surface area contributed by atoms with E-state index in [1.165, 1.54) is 6.42 Å². The molecule has 1 saturated carbocycles. The van der Waals surface area contributed by atoms with E-state index in [0.29, 0.717) is 18.2 Å². The first-order valence-electron chi connectivity index (χ1n) is 17.5. The predicted octanol–water partition coefficient (Wildman–Crippen LogP) is 5.62. The van der Waals surface area contributed by atoms with Gasteiger partial charge in [0.15, 0.2) is 0 Å². The molecule has 4 aromatic rings. The number of ether oxygens (including phenoxy) is 2.